The molecule has 0 radical (unpaired) electrons. The molecule has 0 aromatic rings. The molecule has 0 rings (SSSR count). The van der Waals surface area contributed by atoms with Gasteiger partial charge in [0.15, 0.2) is 0 Å². The number of carbonyl (C=O) groups is 1. The van der Waals surface area contributed by atoms with E-state index >= 15 is 0 Å². The van der Waals surface area contributed by atoms with Gasteiger partial charge in [-0.05, 0) is 38.5 Å². The van der Waals surface area contributed by atoms with Crippen LogP contribution in [0.2, 0.25) is 0 Å². The molecule has 4 heteroatoms. The Labute approximate surface area is 138 Å². The van der Waals surface area contributed by atoms with Crippen molar-refractivity contribution in [2.75, 3.05) is 0 Å². The molecule has 132 valence electrons. The van der Waals surface area contributed by atoms with E-state index in [0.717, 1.165) is 44.9 Å². The van der Waals surface area contributed by atoms with Crippen LogP contribution in [-0.4, -0.2) is 12.0 Å². The first-order chi connectivity index (χ1) is 11.0. The van der Waals surface area contributed by atoms with E-state index < -0.39 is 12.0 Å². The molecule has 0 saturated carbocycles. The summed E-state index contributed by atoms with van der Waals surface area (Å²) in [6.45, 7) is 2.12. The molecule has 0 aliphatic carbocycles. The smallest absolute Gasteiger partial charge is 0.290 e. The minimum atomic E-state index is -4.66. The van der Waals surface area contributed by atoms with Crippen molar-refractivity contribution >= 4 is 5.78 Å². The molecular weight excluding hydrogens is 301 g/mol. The number of Topliss-reactive ketones (excluding diaryl/α,β-unsaturated/α-hetero) is 1. The molecule has 0 bridgehead atoms. The molecule has 0 amide bonds. The Kier molecular flexibility index (Phi) is 13.5. The summed E-state index contributed by atoms with van der Waals surface area (Å²) in [4.78, 5) is 10.7. The van der Waals surface area contributed by atoms with Crippen LogP contribution in [0.25, 0.3) is 0 Å². The van der Waals surface area contributed by atoms with Crippen molar-refractivity contribution in [2.45, 2.75) is 77.3 Å². The molecule has 0 N–H and O–H groups in total. The van der Waals surface area contributed by atoms with Crippen LogP contribution in [-0.2, 0) is 4.79 Å². The van der Waals surface area contributed by atoms with Gasteiger partial charge in [-0.15, -0.1) is 0 Å². The topological polar surface area (TPSA) is 17.1 Å². The quantitative estimate of drug-likeness (QED) is 0.271. The van der Waals surface area contributed by atoms with E-state index in [9.17, 15) is 18.0 Å². The molecule has 0 aliphatic heterocycles. The van der Waals surface area contributed by atoms with Crippen LogP contribution in [0.4, 0.5) is 13.2 Å². The monoisotopic (exact) mass is 330 g/mol. The van der Waals surface area contributed by atoms with Crippen LogP contribution in [0.1, 0.15) is 71.1 Å². The van der Waals surface area contributed by atoms with Gasteiger partial charge >= 0.3 is 6.18 Å². The fraction of sp³-hybridized carbons (Fsp3) is 0.632. The summed E-state index contributed by atoms with van der Waals surface area (Å²) in [5.74, 6) is -1.60. The lowest BCUT2D eigenvalue weighted by Gasteiger charge is -2.04. The zero-order valence-corrected chi connectivity index (χ0v) is 14.1. The molecule has 0 aromatic heterocycles. The van der Waals surface area contributed by atoms with Gasteiger partial charge in [0.05, 0.1) is 0 Å². The summed E-state index contributed by atoms with van der Waals surface area (Å²) in [6, 6.07) is 0. The molecular formula is C19H29F3O. The summed E-state index contributed by atoms with van der Waals surface area (Å²) < 4.78 is 35.9. The van der Waals surface area contributed by atoms with Crippen LogP contribution in [0.15, 0.2) is 36.5 Å². The number of halogens is 3. The average Bonchev–Trinajstić information content (AvgIpc) is 2.50. The van der Waals surface area contributed by atoms with Crippen molar-refractivity contribution < 1.29 is 18.0 Å². The second kappa shape index (κ2) is 14.3. The molecule has 0 spiro atoms. The van der Waals surface area contributed by atoms with Gasteiger partial charge in [0.25, 0.3) is 0 Å². The zero-order valence-electron chi connectivity index (χ0n) is 14.1. The van der Waals surface area contributed by atoms with Gasteiger partial charge in [-0.25, -0.2) is 0 Å². The van der Waals surface area contributed by atoms with Crippen molar-refractivity contribution in [1.82, 2.24) is 0 Å². The maximum Gasteiger partial charge on any atom is 0.449 e. The predicted molar refractivity (Wildman–Crippen MR) is 90.3 cm³/mol. The van der Waals surface area contributed by atoms with Crippen LogP contribution < -0.4 is 0 Å². The summed E-state index contributed by atoms with van der Waals surface area (Å²) in [6.07, 6.45) is 15.8. The molecule has 0 unspecified atom stereocenters. The number of carbonyl (C=O) groups excluding carboxylic acids is 1. The summed E-state index contributed by atoms with van der Waals surface area (Å²) >= 11 is 0. The lowest BCUT2D eigenvalue weighted by Crippen LogP contribution is -2.22. The Morgan fingerprint density at radius 1 is 0.783 bits per heavy atom. The van der Waals surface area contributed by atoms with Gasteiger partial charge in [-0.1, -0.05) is 62.6 Å². The van der Waals surface area contributed by atoms with E-state index in [2.05, 4.69) is 43.4 Å². The lowest BCUT2D eigenvalue weighted by molar-refractivity contribution is -0.171. The highest BCUT2D eigenvalue weighted by Crippen LogP contribution is 2.19. The summed E-state index contributed by atoms with van der Waals surface area (Å²) in [5, 5.41) is 0. The maximum atomic E-state index is 12.0. The van der Waals surface area contributed by atoms with E-state index in [4.69, 9.17) is 0 Å². The van der Waals surface area contributed by atoms with Gasteiger partial charge in [-0.3, -0.25) is 4.79 Å². The van der Waals surface area contributed by atoms with Gasteiger partial charge in [-0.2, -0.15) is 13.2 Å². The summed E-state index contributed by atoms with van der Waals surface area (Å²) in [7, 11) is 0. The number of hydrogen-bond donors (Lipinski definition) is 0. The van der Waals surface area contributed by atoms with E-state index in [0.29, 0.717) is 12.8 Å². The molecule has 0 fully saturated rings. The highest BCUT2D eigenvalue weighted by molar-refractivity contribution is 5.83. The van der Waals surface area contributed by atoms with E-state index in [1.165, 1.54) is 0 Å². The molecule has 0 saturated heterocycles. The Morgan fingerprint density at radius 2 is 1.30 bits per heavy atom. The molecule has 0 aliphatic rings. The van der Waals surface area contributed by atoms with Gasteiger partial charge < -0.3 is 0 Å². The Balaban J connectivity index is 3.38. The third-order valence-corrected chi connectivity index (χ3v) is 3.37. The first kappa shape index (κ1) is 21.7. The number of rotatable bonds is 13. The molecule has 0 heterocycles. The standard InChI is InChI=1S/C19H29F3O/c1-2-3-4-5-6-7-8-9-10-11-12-13-14-15-16-17-18(23)19(20,21)22/h3-4,6-7,9-10H,2,5,8,11-17H2,1H3/b4-3+,7-6+,10-9+. The van der Waals surface area contributed by atoms with E-state index in [-0.39, 0.29) is 6.42 Å². The van der Waals surface area contributed by atoms with Crippen LogP contribution in [0.3, 0.4) is 0 Å². The van der Waals surface area contributed by atoms with Crippen molar-refractivity contribution in [2.24, 2.45) is 0 Å². The largest absolute Gasteiger partial charge is 0.449 e. The van der Waals surface area contributed by atoms with Crippen LogP contribution in [0.5, 0.6) is 0 Å². The van der Waals surface area contributed by atoms with Crippen LogP contribution >= 0.6 is 0 Å². The first-order valence-corrected chi connectivity index (χ1v) is 8.53. The Morgan fingerprint density at radius 3 is 1.91 bits per heavy atom. The molecule has 1 nitrogen and oxygen atoms in total. The number of unbranched alkanes of at least 4 members (excludes halogenated alkanes) is 5. The van der Waals surface area contributed by atoms with E-state index in [1.807, 2.05) is 0 Å². The van der Waals surface area contributed by atoms with Crippen molar-refractivity contribution in [1.29, 1.82) is 0 Å². The molecule has 0 aromatic carbocycles. The second-order valence-electron chi connectivity index (χ2n) is 5.52. The normalized spacial score (nSPS) is 12.9. The predicted octanol–water partition coefficient (Wildman–Crippen LogP) is 6.71. The van der Waals surface area contributed by atoms with Gasteiger partial charge in [0, 0.05) is 6.42 Å². The minimum Gasteiger partial charge on any atom is -0.290 e. The van der Waals surface area contributed by atoms with Crippen molar-refractivity contribution in [3.8, 4) is 0 Å². The third kappa shape index (κ3) is 15.4. The Bertz CT molecular complexity index is 379. The first-order valence-electron chi connectivity index (χ1n) is 8.53. The van der Waals surface area contributed by atoms with Crippen LogP contribution in [0, 0.1) is 0 Å². The minimum absolute atomic E-state index is 0.339. The number of ketones is 1. The highest BCUT2D eigenvalue weighted by atomic mass is 19.4. The summed E-state index contributed by atoms with van der Waals surface area (Å²) in [5.41, 5.74) is 0. The second-order valence-corrected chi connectivity index (χ2v) is 5.52. The van der Waals surface area contributed by atoms with Crippen molar-refractivity contribution in [3.05, 3.63) is 36.5 Å². The maximum absolute atomic E-state index is 12.0. The van der Waals surface area contributed by atoms with Gasteiger partial charge in [0.1, 0.15) is 0 Å². The van der Waals surface area contributed by atoms with E-state index in [1.54, 1.807) is 0 Å². The fourth-order valence-electron chi connectivity index (χ4n) is 2.05. The number of allylic oxidation sites excluding steroid dienone is 6. The molecule has 0 atom stereocenters. The van der Waals surface area contributed by atoms with Crippen molar-refractivity contribution in [3.63, 3.8) is 0 Å². The third-order valence-electron chi connectivity index (χ3n) is 3.37. The highest BCUT2D eigenvalue weighted by Gasteiger charge is 2.36. The van der Waals surface area contributed by atoms with Gasteiger partial charge in [0.2, 0.25) is 5.78 Å². The average molecular weight is 330 g/mol. The SMILES string of the molecule is CC/C=C/C/C=C/C/C=C/CCCCCCCC(=O)C(F)(F)F. The lowest BCUT2D eigenvalue weighted by atomic mass is 10.1. The Hall–Kier alpha value is -1.32. The number of alkyl halides is 3. The number of hydrogen-bond acceptors (Lipinski definition) is 1. The fourth-order valence-corrected chi connectivity index (χ4v) is 2.05. The molecule has 23 heavy (non-hydrogen) atoms. The zero-order chi connectivity index (χ0) is 17.4.